The fraction of sp³-hybridized carbons (Fsp3) is 1.00. The molecule has 1 heterocycles. The molecule has 70 valence electrons. The molecule has 1 saturated heterocycles. The van der Waals surface area contributed by atoms with Crippen LogP contribution in [0.15, 0.2) is 0 Å². The van der Waals surface area contributed by atoms with Gasteiger partial charge in [0.25, 0.3) is 0 Å². The van der Waals surface area contributed by atoms with Gasteiger partial charge >= 0.3 is 0 Å². The third-order valence-corrected chi connectivity index (χ3v) is 3.89. The van der Waals surface area contributed by atoms with Gasteiger partial charge in [0.05, 0.1) is 0 Å². The van der Waals surface area contributed by atoms with E-state index in [1.165, 1.54) is 25.7 Å². The fourth-order valence-electron chi connectivity index (χ4n) is 2.74. The molecule has 0 N–H and O–H groups in total. The maximum absolute atomic E-state index is 5.40. The van der Waals surface area contributed by atoms with E-state index in [1.54, 1.807) is 0 Å². The van der Waals surface area contributed by atoms with Crippen molar-refractivity contribution < 1.29 is 4.74 Å². The summed E-state index contributed by atoms with van der Waals surface area (Å²) in [5, 5.41) is 0. The van der Waals surface area contributed by atoms with Crippen LogP contribution in [0.25, 0.3) is 0 Å². The Labute approximate surface area is 75.5 Å². The van der Waals surface area contributed by atoms with E-state index in [0.717, 1.165) is 30.5 Å². The Hall–Kier alpha value is -0.0400. The van der Waals surface area contributed by atoms with E-state index < -0.39 is 0 Å². The zero-order valence-electron chi connectivity index (χ0n) is 8.31. The van der Waals surface area contributed by atoms with Gasteiger partial charge in [-0.05, 0) is 42.9 Å². The van der Waals surface area contributed by atoms with E-state index in [1.807, 2.05) is 0 Å². The minimum Gasteiger partial charge on any atom is -0.381 e. The van der Waals surface area contributed by atoms with Crippen LogP contribution in [0.3, 0.4) is 0 Å². The first-order valence-corrected chi connectivity index (χ1v) is 5.30. The van der Waals surface area contributed by atoms with Crippen molar-refractivity contribution in [3.05, 3.63) is 0 Å². The first-order valence-electron chi connectivity index (χ1n) is 5.30. The first kappa shape index (κ1) is 8.55. The summed E-state index contributed by atoms with van der Waals surface area (Å²) in [5.74, 6) is 1.92. The highest BCUT2D eigenvalue weighted by molar-refractivity contribution is 4.95. The van der Waals surface area contributed by atoms with Crippen LogP contribution in [-0.4, -0.2) is 13.2 Å². The monoisotopic (exact) mass is 168 g/mol. The van der Waals surface area contributed by atoms with Crippen LogP contribution in [0, 0.1) is 17.3 Å². The molecular weight excluding hydrogens is 148 g/mol. The van der Waals surface area contributed by atoms with E-state index in [0.29, 0.717) is 0 Å². The van der Waals surface area contributed by atoms with Gasteiger partial charge in [0, 0.05) is 13.2 Å². The number of hydrogen-bond acceptors (Lipinski definition) is 1. The topological polar surface area (TPSA) is 9.23 Å². The summed E-state index contributed by atoms with van der Waals surface area (Å²) in [6, 6.07) is 0. The molecule has 0 amide bonds. The van der Waals surface area contributed by atoms with Crippen LogP contribution in [0.1, 0.15) is 39.5 Å². The van der Waals surface area contributed by atoms with Gasteiger partial charge in [0.15, 0.2) is 0 Å². The molecule has 1 aliphatic carbocycles. The third-order valence-electron chi connectivity index (χ3n) is 3.89. The fourth-order valence-corrected chi connectivity index (χ4v) is 2.74. The Morgan fingerprint density at radius 2 is 1.75 bits per heavy atom. The lowest BCUT2D eigenvalue weighted by Gasteiger charge is -2.51. The second-order valence-corrected chi connectivity index (χ2v) is 5.02. The molecule has 2 aliphatic rings. The van der Waals surface area contributed by atoms with Gasteiger partial charge in [0.2, 0.25) is 0 Å². The summed E-state index contributed by atoms with van der Waals surface area (Å²) in [7, 11) is 0. The Bertz CT molecular complexity index is 148. The largest absolute Gasteiger partial charge is 0.381 e. The Balaban J connectivity index is 1.84. The SMILES string of the molecule is CC(C)C1CC2(CCOCC2)C1. The molecule has 0 bridgehead atoms. The lowest BCUT2D eigenvalue weighted by Crippen LogP contribution is -2.43. The Kier molecular flexibility index (Phi) is 2.16. The molecule has 1 heteroatoms. The number of hydrogen-bond donors (Lipinski definition) is 0. The van der Waals surface area contributed by atoms with Gasteiger partial charge in [-0.3, -0.25) is 0 Å². The summed E-state index contributed by atoms with van der Waals surface area (Å²) in [6.45, 7) is 6.75. The molecule has 0 aromatic rings. The standard InChI is InChI=1S/C11H20O/c1-9(2)10-7-11(8-10)3-5-12-6-4-11/h9-10H,3-8H2,1-2H3. The van der Waals surface area contributed by atoms with Gasteiger partial charge in [-0.2, -0.15) is 0 Å². The summed E-state index contributed by atoms with van der Waals surface area (Å²) in [4.78, 5) is 0. The summed E-state index contributed by atoms with van der Waals surface area (Å²) in [6.07, 6.45) is 5.62. The lowest BCUT2D eigenvalue weighted by atomic mass is 9.55. The quantitative estimate of drug-likeness (QED) is 0.585. The van der Waals surface area contributed by atoms with Crippen LogP contribution in [0.2, 0.25) is 0 Å². The average molecular weight is 168 g/mol. The van der Waals surface area contributed by atoms with Crippen molar-refractivity contribution in [3.63, 3.8) is 0 Å². The maximum atomic E-state index is 5.40. The zero-order valence-corrected chi connectivity index (χ0v) is 8.31. The van der Waals surface area contributed by atoms with Gasteiger partial charge in [0.1, 0.15) is 0 Å². The number of rotatable bonds is 1. The second-order valence-electron chi connectivity index (χ2n) is 5.02. The summed E-state index contributed by atoms with van der Waals surface area (Å²) >= 11 is 0. The van der Waals surface area contributed by atoms with Gasteiger partial charge < -0.3 is 4.74 Å². The Morgan fingerprint density at radius 1 is 1.17 bits per heavy atom. The van der Waals surface area contributed by atoms with Gasteiger partial charge in [-0.25, -0.2) is 0 Å². The molecular formula is C11H20O. The summed E-state index contributed by atoms with van der Waals surface area (Å²) < 4.78 is 5.40. The van der Waals surface area contributed by atoms with Gasteiger partial charge in [-0.15, -0.1) is 0 Å². The summed E-state index contributed by atoms with van der Waals surface area (Å²) in [5.41, 5.74) is 0.729. The molecule has 1 aliphatic heterocycles. The molecule has 0 atom stereocenters. The second kappa shape index (κ2) is 3.02. The van der Waals surface area contributed by atoms with E-state index >= 15 is 0 Å². The van der Waals surface area contributed by atoms with Crippen LogP contribution >= 0.6 is 0 Å². The van der Waals surface area contributed by atoms with Crippen LogP contribution in [0.4, 0.5) is 0 Å². The van der Waals surface area contributed by atoms with Crippen molar-refractivity contribution in [1.29, 1.82) is 0 Å². The van der Waals surface area contributed by atoms with E-state index in [9.17, 15) is 0 Å². The van der Waals surface area contributed by atoms with Crippen LogP contribution in [0.5, 0.6) is 0 Å². The maximum Gasteiger partial charge on any atom is 0.0471 e. The highest BCUT2D eigenvalue weighted by Gasteiger charge is 2.45. The van der Waals surface area contributed by atoms with Crippen molar-refractivity contribution in [2.45, 2.75) is 39.5 Å². The van der Waals surface area contributed by atoms with Crippen LogP contribution < -0.4 is 0 Å². The molecule has 1 saturated carbocycles. The number of ether oxygens (including phenoxy) is 1. The van der Waals surface area contributed by atoms with Gasteiger partial charge in [-0.1, -0.05) is 13.8 Å². The lowest BCUT2D eigenvalue weighted by molar-refractivity contribution is -0.0704. The molecule has 2 fully saturated rings. The van der Waals surface area contributed by atoms with Crippen LogP contribution in [-0.2, 0) is 4.74 Å². The first-order chi connectivity index (χ1) is 5.72. The highest BCUT2D eigenvalue weighted by Crippen LogP contribution is 2.54. The predicted molar refractivity (Wildman–Crippen MR) is 50.0 cm³/mol. The van der Waals surface area contributed by atoms with E-state index in [2.05, 4.69) is 13.8 Å². The molecule has 1 spiro atoms. The van der Waals surface area contributed by atoms with E-state index in [-0.39, 0.29) is 0 Å². The smallest absolute Gasteiger partial charge is 0.0471 e. The van der Waals surface area contributed by atoms with Crippen molar-refractivity contribution >= 4 is 0 Å². The molecule has 2 rings (SSSR count). The minimum atomic E-state index is 0.729. The molecule has 12 heavy (non-hydrogen) atoms. The zero-order chi connectivity index (χ0) is 8.60. The third kappa shape index (κ3) is 1.39. The highest BCUT2D eigenvalue weighted by atomic mass is 16.5. The molecule has 0 radical (unpaired) electrons. The Morgan fingerprint density at radius 3 is 2.25 bits per heavy atom. The molecule has 0 aromatic heterocycles. The van der Waals surface area contributed by atoms with E-state index in [4.69, 9.17) is 4.74 Å². The predicted octanol–water partition coefficient (Wildman–Crippen LogP) is 2.85. The molecule has 0 aromatic carbocycles. The van der Waals surface area contributed by atoms with Crippen molar-refractivity contribution in [2.24, 2.45) is 17.3 Å². The van der Waals surface area contributed by atoms with Crippen molar-refractivity contribution in [3.8, 4) is 0 Å². The normalized spacial score (nSPS) is 29.2. The van der Waals surface area contributed by atoms with Crippen molar-refractivity contribution in [2.75, 3.05) is 13.2 Å². The van der Waals surface area contributed by atoms with Crippen molar-refractivity contribution in [1.82, 2.24) is 0 Å². The molecule has 1 nitrogen and oxygen atoms in total. The molecule has 0 unspecified atom stereocenters. The average Bonchev–Trinajstić information content (AvgIpc) is 2.01. The minimum absolute atomic E-state index is 0.729.